The van der Waals surface area contributed by atoms with Crippen molar-refractivity contribution in [3.05, 3.63) is 59.7 Å². The van der Waals surface area contributed by atoms with Crippen molar-refractivity contribution in [1.29, 1.82) is 0 Å². The summed E-state index contributed by atoms with van der Waals surface area (Å²) in [6.45, 7) is 3.88. The quantitative estimate of drug-likeness (QED) is 0.583. The summed E-state index contributed by atoms with van der Waals surface area (Å²) in [5.41, 5.74) is 2.30. The van der Waals surface area contributed by atoms with Crippen molar-refractivity contribution in [2.24, 2.45) is 11.8 Å². The first-order chi connectivity index (χ1) is 15.1. The molecule has 2 aliphatic rings. The number of carbonyl (C=O) groups is 2. The van der Waals surface area contributed by atoms with Gasteiger partial charge in [-0.3, -0.25) is 9.59 Å². The first-order valence-corrected chi connectivity index (χ1v) is 11.1. The van der Waals surface area contributed by atoms with Gasteiger partial charge in [-0.25, -0.2) is 4.98 Å². The molecule has 9 heteroatoms. The van der Waals surface area contributed by atoms with Crippen molar-refractivity contribution in [2.45, 2.75) is 13.2 Å². The molecule has 1 aliphatic carbocycles. The molecule has 2 aromatic heterocycles. The maximum atomic E-state index is 12.0. The lowest BCUT2D eigenvalue weighted by Gasteiger charge is -2.04. The van der Waals surface area contributed by atoms with Gasteiger partial charge in [0.05, 0.1) is 17.8 Å². The Hall–Kier alpha value is -2.91. The smallest absolute Gasteiger partial charge is 0.253 e. The number of nitrogens with zero attached hydrogens (tertiary/aromatic N) is 2. The van der Waals surface area contributed by atoms with E-state index in [-0.39, 0.29) is 18.4 Å². The Morgan fingerprint density at radius 3 is 2.61 bits per heavy atom. The molecule has 7 nitrogen and oxygen atoms in total. The van der Waals surface area contributed by atoms with E-state index in [1.165, 1.54) is 17.8 Å². The van der Waals surface area contributed by atoms with Gasteiger partial charge < -0.3 is 19.8 Å². The summed E-state index contributed by atoms with van der Waals surface area (Å²) in [4.78, 5) is 28.4. The highest BCUT2D eigenvalue weighted by Crippen LogP contribution is 2.43. The lowest BCUT2D eigenvalue weighted by molar-refractivity contribution is -0.115. The molecule has 0 spiro atoms. The van der Waals surface area contributed by atoms with Gasteiger partial charge in [0.2, 0.25) is 13.3 Å². The number of carbonyl (C=O) groups excluding carboxylic acids is 2. The van der Waals surface area contributed by atoms with Gasteiger partial charge in [-0.15, -0.1) is 11.3 Å². The predicted molar refractivity (Wildman–Crippen MR) is 122 cm³/mol. The van der Waals surface area contributed by atoms with Gasteiger partial charge in [0.15, 0.2) is 5.13 Å². The van der Waals surface area contributed by atoms with Gasteiger partial charge in [-0.2, -0.15) is 0 Å². The number of nitrogens with one attached hydrogen (secondary N) is 2. The minimum atomic E-state index is -0.316. The number of anilines is 1. The second kappa shape index (κ2) is 9.93. The molecule has 2 atom stereocenters. The summed E-state index contributed by atoms with van der Waals surface area (Å²) >= 11 is 1.35. The Morgan fingerprint density at radius 1 is 1.23 bits per heavy atom. The van der Waals surface area contributed by atoms with Crippen LogP contribution >= 0.6 is 11.3 Å². The van der Waals surface area contributed by atoms with Crippen LogP contribution in [0.4, 0.5) is 5.13 Å². The fourth-order valence-corrected chi connectivity index (χ4v) is 4.03. The van der Waals surface area contributed by atoms with Crippen LogP contribution in [0.2, 0.25) is 6.82 Å². The minimum absolute atomic E-state index is 0.111. The summed E-state index contributed by atoms with van der Waals surface area (Å²) in [5.74, 6) is 1.37. The number of hydrogen-bond acceptors (Lipinski definition) is 5. The number of hydrogen-bond donors (Lipinski definition) is 2. The van der Waals surface area contributed by atoms with Gasteiger partial charge in [0.1, 0.15) is 0 Å². The molecule has 5 rings (SSSR count). The van der Waals surface area contributed by atoms with Crippen LogP contribution in [-0.2, 0) is 9.53 Å². The summed E-state index contributed by atoms with van der Waals surface area (Å²) in [5, 5.41) is 7.68. The summed E-state index contributed by atoms with van der Waals surface area (Å²) < 4.78 is 6.88. The molecule has 1 saturated carbocycles. The minimum Gasteiger partial charge on any atom is -0.402 e. The van der Waals surface area contributed by atoms with Gasteiger partial charge in [0.25, 0.3) is 5.91 Å². The van der Waals surface area contributed by atoms with Gasteiger partial charge in [-0.1, -0.05) is 37.2 Å². The lowest BCUT2D eigenvalue weighted by Crippen LogP contribution is -2.32. The molecule has 1 aliphatic heterocycles. The molecule has 2 amide bonds. The normalized spacial score (nSPS) is 18.4. The summed E-state index contributed by atoms with van der Waals surface area (Å²) in [7, 11) is 1.83. The average Bonchev–Trinajstić information content (AvgIpc) is 3.23. The Labute approximate surface area is 186 Å². The molecule has 159 valence electrons. The highest BCUT2D eigenvalue weighted by molar-refractivity contribution is 7.14. The maximum absolute atomic E-state index is 12.0. The fraction of sp³-hybridized carbons (Fsp3) is 0.318. The molecule has 31 heavy (non-hydrogen) atoms. The Bertz CT molecular complexity index is 1030. The van der Waals surface area contributed by atoms with Gasteiger partial charge in [-0.05, 0) is 30.5 Å². The largest absolute Gasteiger partial charge is 0.402 e. The van der Waals surface area contributed by atoms with Crippen molar-refractivity contribution in [3.63, 3.8) is 0 Å². The van der Waals surface area contributed by atoms with Gasteiger partial charge >= 0.3 is 0 Å². The standard InChI is InChI=1S/C17H16BN4O2S.C5H8O/c1-18-22-8-7-13(10-22)16(24)19-9-15(23)21-17-20-14(11-25-17)12-5-3-2-4-6-12;1-4-2-6-3-5(1)4/h2-8,10-11H,9H2,1H3,(H,19,24)(H,20,21,23);4-5H,1-3H2. The van der Waals surface area contributed by atoms with Crippen molar-refractivity contribution >= 4 is 35.7 Å². The van der Waals surface area contributed by atoms with E-state index < -0.39 is 0 Å². The second-order valence-corrected chi connectivity index (χ2v) is 8.39. The van der Waals surface area contributed by atoms with E-state index in [9.17, 15) is 9.59 Å². The molecular weight excluding hydrogens is 411 g/mol. The average molecular weight is 435 g/mol. The van der Waals surface area contributed by atoms with Crippen LogP contribution in [0.1, 0.15) is 16.8 Å². The van der Waals surface area contributed by atoms with Crippen LogP contribution in [0.5, 0.6) is 0 Å². The van der Waals surface area contributed by atoms with Crippen LogP contribution in [0.15, 0.2) is 54.2 Å². The first kappa shape index (κ1) is 21.3. The fourth-order valence-electron chi connectivity index (χ4n) is 3.30. The molecule has 3 heterocycles. The van der Waals surface area contributed by atoms with Crippen LogP contribution < -0.4 is 10.6 Å². The number of aromatic nitrogens is 2. The zero-order chi connectivity index (χ0) is 21.6. The van der Waals surface area contributed by atoms with E-state index in [0.29, 0.717) is 10.7 Å². The molecule has 3 aromatic rings. The highest BCUT2D eigenvalue weighted by atomic mass is 32.1. The third-order valence-corrected chi connectivity index (χ3v) is 5.99. The molecule has 1 radical (unpaired) electrons. The van der Waals surface area contributed by atoms with Crippen molar-refractivity contribution < 1.29 is 14.3 Å². The number of amides is 2. The zero-order valence-electron chi connectivity index (χ0n) is 17.3. The topological polar surface area (TPSA) is 85.2 Å². The van der Waals surface area contributed by atoms with Crippen LogP contribution in [0.25, 0.3) is 11.3 Å². The Balaban J connectivity index is 0.000000325. The molecule has 2 N–H and O–H groups in total. The molecule has 0 bridgehead atoms. The predicted octanol–water partition coefficient (Wildman–Crippen LogP) is 3.15. The van der Waals surface area contributed by atoms with E-state index >= 15 is 0 Å². The SMILES string of the molecule is C1OCC2CC12.C[B]n1ccc(C(=O)NCC(=O)Nc2nc(-c3ccccc3)cs2)c1. The molecule has 2 fully saturated rings. The second-order valence-electron chi connectivity index (χ2n) is 7.53. The Morgan fingerprint density at radius 2 is 2.00 bits per heavy atom. The van der Waals surface area contributed by atoms with E-state index in [4.69, 9.17) is 4.74 Å². The van der Waals surface area contributed by atoms with E-state index in [1.54, 1.807) is 22.9 Å². The number of thiazole rings is 1. The number of rotatable bonds is 6. The van der Waals surface area contributed by atoms with Crippen LogP contribution in [0.3, 0.4) is 0 Å². The van der Waals surface area contributed by atoms with Crippen LogP contribution in [0, 0.1) is 11.8 Å². The van der Waals surface area contributed by atoms with E-state index in [0.717, 1.165) is 36.3 Å². The van der Waals surface area contributed by atoms with Crippen molar-refractivity contribution in [3.8, 4) is 11.3 Å². The third-order valence-electron chi connectivity index (χ3n) is 5.24. The Kier molecular flexibility index (Phi) is 6.84. The van der Waals surface area contributed by atoms with E-state index in [2.05, 4.69) is 15.6 Å². The van der Waals surface area contributed by atoms with Crippen molar-refractivity contribution in [2.75, 3.05) is 25.1 Å². The molecule has 2 unspecified atom stereocenters. The highest BCUT2D eigenvalue weighted by Gasteiger charge is 2.41. The molecular formula is C22H24BN4O3S. The lowest BCUT2D eigenvalue weighted by atomic mass is 10.0. The zero-order valence-corrected chi connectivity index (χ0v) is 18.1. The molecule has 1 aromatic carbocycles. The monoisotopic (exact) mass is 435 g/mol. The van der Waals surface area contributed by atoms with Crippen LogP contribution in [-0.4, -0.2) is 48.4 Å². The summed E-state index contributed by atoms with van der Waals surface area (Å²) in [6, 6.07) is 11.4. The summed E-state index contributed by atoms with van der Waals surface area (Å²) in [6.07, 6.45) is 4.93. The molecule has 1 saturated heterocycles. The van der Waals surface area contributed by atoms with Gasteiger partial charge in [0, 0.05) is 30.4 Å². The number of fused-ring (bicyclic) bond motifs is 1. The number of benzene rings is 1. The first-order valence-electron chi connectivity index (χ1n) is 10.3. The maximum Gasteiger partial charge on any atom is 0.253 e. The van der Waals surface area contributed by atoms with Crippen molar-refractivity contribution in [1.82, 2.24) is 14.8 Å². The third kappa shape index (κ3) is 5.83. The van der Waals surface area contributed by atoms with E-state index in [1.807, 2.05) is 49.9 Å². The number of ether oxygens (including phenoxy) is 1.